The predicted molar refractivity (Wildman–Crippen MR) is 103 cm³/mol. The largest absolute Gasteiger partial charge is 0.484 e. The van der Waals surface area contributed by atoms with E-state index in [4.69, 9.17) is 16.3 Å². The van der Waals surface area contributed by atoms with Gasteiger partial charge < -0.3 is 15.4 Å². The Labute approximate surface area is 172 Å². The van der Waals surface area contributed by atoms with E-state index in [1.807, 2.05) is 0 Å². The molecule has 3 saturated carbocycles. The molecule has 2 aromatic rings. The smallest absolute Gasteiger partial charge is 0.258 e. The SMILES string of the molecule is Cc1ncc(C(=O)NC23CC(NC(=O)COc4ccc(Cl)c(F)c4)(C2)C3)c(C)n1. The lowest BCUT2D eigenvalue weighted by molar-refractivity contribution is -0.141. The Hall–Kier alpha value is -2.74. The van der Waals surface area contributed by atoms with Crippen molar-refractivity contribution < 1.29 is 18.7 Å². The monoisotopic (exact) mass is 418 g/mol. The molecular weight excluding hydrogens is 399 g/mol. The summed E-state index contributed by atoms with van der Waals surface area (Å²) in [7, 11) is 0. The van der Waals surface area contributed by atoms with Crippen molar-refractivity contribution in [1.82, 2.24) is 20.6 Å². The van der Waals surface area contributed by atoms with Gasteiger partial charge in [-0.25, -0.2) is 14.4 Å². The third-order valence-electron chi connectivity index (χ3n) is 5.42. The Balaban J connectivity index is 1.26. The molecule has 7 nitrogen and oxygen atoms in total. The lowest BCUT2D eigenvalue weighted by atomic mass is 9.44. The van der Waals surface area contributed by atoms with Crippen LogP contribution in [-0.2, 0) is 4.79 Å². The van der Waals surface area contributed by atoms with Gasteiger partial charge in [0.05, 0.1) is 16.3 Å². The highest BCUT2D eigenvalue weighted by Crippen LogP contribution is 2.60. The molecule has 5 rings (SSSR count). The maximum Gasteiger partial charge on any atom is 0.258 e. The number of amides is 2. The second-order valence-electron chi connectivity index (χ2n) is 7.87. The first-order valence-corrected chi connectivity index (χ1v) is 9.59. The zero-order chi connectivity index (χ0) is 20.8. The fraction of sp³-hybridized carbons (Fsp3) is 0.400. The Morgan fingerprint density at radius 1 is 1.21 bits per heavy atom. The molecule has 2 bridgehead atoms. The van der Waals surface area contributed by atoms with Gasteiger partial charge in [-0.1, -0.05) is 11.6 Å². The van der Waals surface area contributed by atoms with Gasteiger partial charge in [0, 0.05) is 23.3 Å². The summed E-state index contributed by atoms with van der Waals surface area (Å²) in [5, 5.41) is 5.99. The maximum absolute atomic E-state index is 13.4. The van der Waals surface area contributed by atoms with Crippen LogP contribution in [0, 0.1) is 19.7 Å². The van der Waals surface area contributed by atoms with Gasteiger partial charge >= 0.3 is 0 Å². The molecule has 0 spiro atoms. The van der Waals surface area contributed by atoms with Gasteiger partial charge in [-0.05, 0) is 45.2 Å². The summed E-state index contributed by atoms with van der Waals surface area (Å²) in [5.74, 6) is -0.234. The van der Waals surface area contributed by atoms with E-state index in [2.05, 4.69) is 20.6 Å². The van der Waals surface area contributed by atoms with Crippen LogP contribution in [0.3, 0.4) is 0 Å². The minimum absolute atomic E-state index is 0.00425. The molecule has 1 aromatic carbocycles. The maximum atomic E-state index is 13.4. The van der Waals surface area contributed by atoms with Crippen LogP contribution in [0.5, 0.6) is 5.75 Å². The summed E-state index contributed by atoms with van der Waals surface area (Å²) in [5.41, 5.74) is 0.502. The molecule has 0 radical (unpaired) electrons. The van der Waals surface area contributed by atoms with Crippen LogP contribution in [0.25, 0.3) is 0 Å². The molecule has 3 aliphatic carbocycles. The van der Waals surface area contributed by atoms with Gasteiger partial charge in [-0.2, -0.15) is 0 Å². The van der Waals surface area contributed by atoms with Crippen molar-refractivity contribution in [3.63, 3.8) is 0 Å². The zero-order valence-electron chi connectivity index (χ0n) is 16.0. The van der Waals surface area contributed by atoms with Crippen molar-refractivity contribution in [2.75, 3.05) is 6.61 Å². The Bertz CT molecular complexity index is 993. The molecule has 152 valence electrons. The molecule has 3 aliphatic rings. The number of halogens is 2. The predicted octanol–water partition coefficient (Wildman–Crippen LogP) is 2.49. The molecule has 29 heavy (non-hydrogen) atoms. The quantitative estimate of drug-likeness (QED) is 0.751. The highest BCUT2D eigenvalue weighted by Gasteiger charge is 2.69. The average Bonchev–Trinajstić information content (AvgIpc) is 2.59. The van der Waals surface area contributed by atoms with Gasteiger partial charge in [-0.15, -0.1) is 0 Å². The number of hydrogen-bond acceptors (Lipinski definition) is 5. The molecule has 0 saturated heterocycles. The number of benzene rings is 1. The normalized spacial score (nSPS) is 24.1. The van der Waals surface area contributed by atoms with Gasteiger partial charge in [0.2, 0.25) is 0 Å². The number of carbonyl (C=O) groups is 2. The van der Waals surface area contributed by atoms with E-state index < -0.39 is 5.82 Å². The summed E-state index contributed by atoms with van der Waals surface area (Å²) in [6.07, 6.45) is 3.53. The third kappa shape index (κ3) is 3.76. The zero-order valence-corrected chi connectivity index (χ0v) is 16.8. The van der Waals surface area contributed by atoms with E-state index in [-0.39, 0.29) is 40.3 Å². The van der Waals surface area contributed by atoms with Crippen molar-refractivity contribution >= 4 is 23.4 Å². The summed E-state index contributed by atoms with van der Waals surface area (Å²) < 4.78 is 18.7. The van der Waals surface area contributed by atoms with Crippen LogP contribution >= 0.6 is 11.6 Å². The van der Waals surface area contributed by atoms with Gasteiger partial charge in [0.15, 0.2) is 6.61 Å². The Morgan fingerprint density at radius 2 is 1.90 bits per heavy atom. The molecule has 1 aromatic heterocycles. The van der Waals surface area contributed by atoms with E-state index >= 15 is 0 Å². The second-order valence-corrected chi connectivity index (χ2v) is 8.28. The number of nitrogens with one attached hydrogen (secondary N) is 2. The summed E-state index contributed by atoms with van der Waals surface area (Å²) >= 11 is 5.62. The average molecular weight is 419 g/mol. The second kappa shape index (κ2) is 6.95. The number of aryl methyl sites for hydroxylation is 2. The van der Waals surface area contributed by atoms with Crippen molar-refractivity contribution in [1.29, 1.82) is 0 Å². The number of rotatable bonds is 6. The molecule has 0 atom stereocenters. The van der Waals surface area contributed by atoms with E-state index in [9.17, 15) is 14.0 Å². The highest BCUT2D eigenvalue weighted by molar-refractivity contribution is 6.30. The molecule has 3 fully saturated rings. The van der Waals surface area contributed by atoms with Crippen LogP contribution in [0.1, 0.15) is 41.1 Å². The Morgan fingerprint density at radius 3 is 2.55 bits per heavy atom. The first-order chi connectivity index (χ1) is 13.7. The molecule has 0 unspecified atom stereocenters. The van der Waals surface area contributed by atoms with E-state index in [1.165, 1.54) is 18.3 Å². The van der Waals surface area contributed by atoms with Gasteiger partial charge in [0.1, 0.15) is 17.4 Å². The van der Waals surface area contributed by atoms with Crippen molar-refractivity contribution in [2.45, 2.75) is 44.2 Å². The number of nitrogens with zero attached hydrogens (tertiary/aromatic N) is 2. The highest BCUT2D eigenvalue weighted by atomic mass is 35.5. The van der Waals surface area contributed by atoms with Crippen LogP contribution in [0.4, 0.5) is 4.39 Å². The summed E-state index contributed by atoms with van der Waals surface area (Å²) in [6.45, 7) is 3.33. The topological polar surface area (TPSA) is 93.2 Å². The van der Waals surface area contributed by atoms with Crippen LogP contribution in [0.15, 0.2) is 24.4 Å². The lowest BCUT2D eigenvalue weighted by Crippen LogP contribution is -2.84. The minimum atomic E-state index is -0.601. The van der Waals surface area contributed by atoms with Crippen LogP contribution in [0.2, 0.25) is 5.02 Å². The van der Waals surface area contributed by atoms with E-state index in [0.717, 1.165) is 6.07 Å². The van der Waals surface area contributed by atoms with E-state index in [1.54, 1.807) is 13.8 Å². The summed E-state index contributed by atoms with van der Waals surface area (Å²) in [4.78, 5) is 33.0. The van der Waals surface area contributed by atoms with Gasteiger partial charge in [-0.3, -0.25) is 9.59 Å². The van der Waals surface area contributed by atoms with Crippen molar-refractivity contribution in [2.24, 2.45) is 0 Å². The fourth-order valence-electron chi connectivity index (χ4n) is 4.21. The van der Waals surface area contributed by atoms with E-state index in [0.29, 0.717) is 36.3 Å². The third-order valence-corrected chi connectivity index (χ3v) is 5.73. The van der Waals surface area contributed by atoms with Crippen molar-refractivity contribution in [3.8, 4) is 5.75 Å². The van der Waals surface area contributed by atoms with Crippen molar-refractivity contribution in [3.05, 3.63) is 52.3 Å². The molecule has 2 amide bonds. The number of carbonyl (C=O) groups excluding carboxylic acids is 2. The van der Waals surface area contributed by atoms with Crippen LogP contribution < -0.4 is 15.4 Å². The number of hydrogen-bond donors (Lipinski definition) is 2. The molecule has 0 aliphatic heterocycles. The molecular formula is C20H20ClFN4O3. The first-order valence-electron chi connectivity index (χ1n) is 9.21. The van der Waals surface area contributed by atoms with Crippen LogP contribution in [-0.4, -0.2) is 39.5 Å². The standard InChI is InChI=1S/C20H20ClFN4O3/c1-11-14(6-23-12(2)24-11)18(28)26-20-8-19(9-20,10-20)25-17(27)7-29-13-3-4-15(21)16(22)5-13/h3-6H,7-10H2,1-2H3,(H,25,27)(H,26,28). The first kappa shape index (κ1) is 19.6. The fourth-order valence-corrected chi connectivity index (χ4v) is 4.33. The molecule has 1 heterocycles. The number of aromatic nitrogens is 2. The minimum Gasteiger partial charge on any atom is -0.484 e. The van der Waals surface area contributed by atoms with Gasteiger partial charge in [0.25, 0.3) is 11.8 Å². The molecule has 9 heteroatoms. The number of ether oxygens (including phenoxy) is 1. The lowest BCUT2D eigenvalue weighted by Gasteiger charge is -2.70. The summed E-state index contributed by atoms with van der Waals surface area (Å²) in [6, 6.07) is 4.01. The molecule has 2 N–H and O–H groups in total. The Kier molecular flexibility index (Phi) is 4.69.